The number of carbonyl (C=O) groups is 1. The van der Waals surface area contributed by atoms with Gasteiger partial charge in [-0.15, -0.1) is 0 Å². The number of ketones is 1. The number of rotatable bonds is 4. The maximum atomic E-state index is 13.7. The minimum absolute atomic E-state index is 0.216. The number of aryl methyl sites for hydroxylation is 1. The molecule has 27 heavy (non-hydrogen) atoms. The van der Waals surface area contributed by atoms with Crippen LogP contribution in [0.1, 0.15) is 21.5 Å². The zero-order chi connectivity index (χ0) is 19.0. The number of nitrogens with zero attached hydrogens (tertiary/aromatic N) is 1. The molecule has 0 fully saturated rings. The van der Waals surface area contributed by atoms with Gasteiger partial charge < -0.3 is 9.72 Å². The first-order chi connectivity index (χ1) is 13.1. The smallest absolute Gasteiger partial charge is 0.212 e. The maximum absolute atomic E-state index is 13.7. The summed E-state index contributed by atoms with van der Waals surface area (Å²) in [4.78, 5) is 20.6. The normalized spacial score (nSPS) is 10.9. The first-order valence-electron chi connectivity index (χ1n) is 8.50. The third-order valence-corrected chi connectivity index (χ3v) is 4.65. The fourth-order valence-corrected chi connectivity index (χ4v) is 3.25. The van der Waals surface area contributed by atoms with Crippen LogP contribution >= 0.6 is 0 Å². The molecule has 0 aliphatic heterocycles. The van der Waals surface area contributed by atoms with Crippen molar-refractivity contribution < 1.29 is 13.9 Å². The van der Waals surface area contributed by atoms with Gasteiger partial charge in [0.2, 0.25) is 5.88 Å². The Kier molecular flexibility index (Phi) is 4.20. The van der Waals surface area contributed by atoms with Crippen LogP contribution in [-0.4, -0.2) is 22.9 Å². The molecule has 2 aromatic heterocycles. The van der Waals surface area contributed by atoms with Crippen LogP contribution in [0.4, 0.5) is 4.39 Å². The van der Waals surface area contributed by atoms with Gasteiger partial charge in [-0.3, -0.25) is 4.79 Å². The van der Waals surface area contributed by atoms with E-state index >= 15 is 0 Å². The predicted octanol–water partition coefficient (Wildman–Crippen LogP) is 4.92. The van der Waals surface area contributed by atoms with E-state index < -0.39 is 5.82 Å². The molecular weight excluding hydrogens is 343 g/mol. The van der Waals surface area contributed by atoms with Crippen molar-refractivity contribution >= 4 is 16.7 Å². The number of pyridine rings is 1. The average molecular weight is 360 g/mol. The number of nitrogens with one attached hydrogen (secondary N) is 1. The van der Waals surface area contributed by atoms with Crippen LogP contribution in [0.15, 0.2) is 60.9 Å². The van der Waals surface area contributed by atoms with Gasteiger partial charge in [-0.2, -0.15) is 0 Å². The zero-order valence-electron chi connectivity index (χ0n) is 14.9. The maximum Gasteiger partial charge on any atom is 0.212 e. The minimum Gasteiger partial charge on any atom is -0.481 e. The molecule has 4 aromatic rings. The van der Waals surface area contributed by atoms with Crippen molar-refractivity contribution in [1.82, 2.24) is 9.97 Å². The van der Waals surface area contributed by atoms with Gasteiger partial charge in [-0.05, 0) is 42.3 Å². The van der Waals surface area contributed by atoms with Gasteiger partial charge in [0, 0.05) is 46.1 Å². The van der Waals surface area contributed by atoms with Gasteiger partial charge in [0.1, 0.15) is 5.82 Å². The summed E-state index contributed by atoms with van der Waals surface area (Å²) in [6.07, 6.45) is 3.39. The van der Waals surface area contributed by atoms with E-state index in [1.54, 1.807) is 38.6 Å². The van der Waals surface area contributed by atoms with Crippen molar-refractivity contribution in [2.75, 3.05) is 7.11 Å². The summed E-state index contributed by atoms with van der Waals surface area (Å²) in [5.74, 6) is -0.123. The molecule has 5 heteroatoms. The van der Waals surface area contributed by atoms with Crippen molar-refractivity contribution in [3.8, 4) is 17.0 Å². The lowest BCUT2D eigenvalue weighted by molar-refractivity contribution is 0.103. The molecule has 0 saturated carbocycles. The number of halogens is 1. The van der Waals surface area contributed by atoms with Gasteiger partial charge in [-0.25, -0.2) is 9.37 Å². The number of hydrogen-bond donors (Lipinski definition) is 1. The van der Waals surface area contributed by atoms with Crippen molar-refractivity contribution in [2.45, 2.75) is 6.92 Å². The summed E-state index contributed by atoms with van der Waals surface area (Å²) < 4.78 is 18.8. The molecule has 0 bridgehead atoms. The van der Waals surface area contributed by atoms with Crippen LogP contribution in [0.25, 0.3) is 22.0 Å². The largest absolute Gasteiger partial charge is 0.481 e. The first kappa shape index (κ1) is 17.0. The molecule has 4 rings (SSSR count). The molecule has 134 valence electrons. The van der Waals surface area contributed by atoms with Crippen LogP contribution in [0, 0.1) is 12.7 Å². The fraction of sp³-hybridized carbons (Fsp3) is 0.0909. The van der Waals surface area contributed by atoms with E-state index in [2.05, 4.69) is 9.97 Å². The number of benzene rings is 2. The Bertz CT molecular complexity index is 1150. The Labute approximate surface area is 155 Å². The third-order valence-electron chi connectivity index (χ3n) is 4.65. The topological polar surface area (TPSA) is 55.0 Å². The molecule has 0 aliphatic carbocycles. The van der Waals surface area contributed by atoms with Crippen LogP contribution < -0.4 is 4.74 Å². The molecule has 0 amide bonds. The second-order valence-corrected chi connectivity index (χ2v) is 6.31. The van der Waals surface area contributed by atoms with Crippen LogP contribution in [0.3, 0.4) is 0 Å². The summed E-state index contributed by atoms with van der Waals surface area (Å²) in [6, 6.07) is 13.7. The highest BCUT2D eigenvalue weighted by Crippen LogP contribution is 2.33. The van der Waals surface area contributed by atoms with Gasteiger partial charge in [0.15, 0.2) is 5.78 Å². The molecule has 2 aromatic carbocycles. The molecule has 0 radical (unpaired) electrons. The van der Waals surface area contributed by atoms with Crippen LogP contribution in [-0.2, 0) is 0 Å². The fourth-order valence-electron chi connectivity index (χ4n) is 3.25. The molecule has 2 heterocycles. The number of fused-ring (bicyclic) bond motifs is 1. The van der Waals surface area contributed by atoms with E-state index in [1.807, 2.05) is 24.3 Å². The first-order valence-corrected chi connectivity index (χ1v) is 8.50. The lowest BCUT2D eigenvalue weighted by atomic mass is 9.94. The lowest BCUT2D eigenvalue weighted by Crippen LogP contribution is -2.04. The Morgan fingerprint density at radius 1 is 1.11 bits per heavy atom. The van der Waals surface area contributed by atoms with E-state index in [-0.39, 0.29) is 5.78 Å². The van der Waals surface area contributed by atoms with Gasteiger partial charge in [0.25, 0.3) is 0 Å². The Balaban J connectivity index is 1.89. The minimum atomic E-state index is -0.427. The number of H-pyrrole nitrogens is 1. The highest BCUT2D eigenvalue weighted by Gasteiger charge is 2.19. The van der Waals surface area contributed by atoms with Crippen molar-refractivity contribution in [3.63, 3.8) is 0 Å². The number of ether oxygens (including phenoxy) is 1. The average Bonchev–Trinajstić information content (AvgIpc) is 3.13. The van der Waals surface area contributed by atoms with Gasteiger partial charge in [0.05, 0.1) is 7.11 Å². The Morgan fingerprint density at radius 2 is 1.96 bits per heavy atom. The molecule has 0 atom stereocenters. The Morgan fingerprint density at radius 3 is 2.70 bits per heavy atom. The summed E-state index contributed by atoms with van der Waals surface area (Å²) in [7, 11) is 1.56. The van der Waals surface area contributed by atoms with E-state index in [9.17, 15) is 9.18 Å². The number of carbonyl (C=O) groups excluding carboxylic acids is 1. The summed E-state index contributed by atoms with van der Waals surface area (Å²) >= 11 is 0. The van der Waals surface area contributed by atoms with E-state index in [4.69, 9.17) is 4.74 Å². The van der Waals surface area contributed by atoms with Gasteiger partial charge >= 0.3 is 0 Å². The molecule has 0 spiro atoms. The lowest BCUT2D eigenvalue weighted by Gasteiger charge is -2.08. The molecule has 4 nitrogen and oxygen atoms in total. The van der Waals surface area contributed by atoms with Gasteiger partial charge in [-0.1, -0.05) is 18.2 Å². The number of methoxy groups -OCH3 is 1. The number of hydrogen-bond acceptors (Lipinski definition) is 3. The molecule has 0 aliphatic rings. The van der Waals surface area contributed by atoms with E-state index in [1.165, 1.54) is 12.1 Å². The van der Waals surface area contributed by atoms with Crippen LogP contribution in [0.5, 0.6) is 5.88 Å². The number of aromatic amines is 1. The van der Waals surface area contributed by atoms with E-state index in [0.29, 0.717) is 17.0 Å². The highest BCUT2D eigenvalue weighted by atomic mass is 19.1. The quantitative estimate of drug-likeness (QED) is 0.526. The highest BCUT2D eigenvalue weighted by molar-refractivity contribution is 6.19. The molecule has 0 unspecified atom stereocenters. The van der Waals surface area contributed by atoms with E-state index in [0.717, 1.165) is 27.6 Å². The van der Waals surface area contributed by atoms with Crippen molar-refractivity contribution in [2.24, 2.45) is 0 Å². The number of aromatic nitrogens is 2. The predicted molar refractivity (Wildman–Crippen MR) is 103 cm³/mol. The Hall–Kier alpha value is -3.47. The van der Waals surface area contributed by atoms with Crippen molar-refractivity contribution in [1.29, 1.82) is 0 Å². The van der Waals surface area contributed by atoms with Crippen LogP contribution in [0.2, 0.25) is 0 Å². The molecule has 0 saturated heterocycles. The summed E-state index contributed by atoms with van der Waals surface area (Å²) in [5.41, 5.74) is 4.18. The second kappa shape index (κ2) is 6.68. The monoisotopic (exact) mass is 360 g/mol. The molecule has 1 N–H and O–H groups in total. The summed E-state index contributed by atoms with van der Waals surface area (Å²) in [6.45, 7) is 1.80. The molecular formula is C22H17FN2O2. The summed E-state index contributed by atoms with van der Waals surface area (Å²) in [5, 5.41) is 0.790. The second-order valence-electron chi connectivity index (χ2n) is 6.31. The SMILES string of the molecule is COc1ccc(-c2cccc3[nH]cc(C(=O)c4cc(F)ccc4C)c23)cn1. The standard InChI is InChI=1S/C22H17FN2O2/c1-13-6-8-15(23)10-17(13)22(26)18-12-24-19-5-3-4-16(21(18)19)14-7-9-20(27-2)25-11-14/h3-12,24H,1-2H3. The zero-order valence-corrected chi connectivity index (χ0v) is 14.9. The van der Waals surface area contributed by atoms with Crippen molar-refractivity contribution in [3.05, 3.63) is 83.4 Å². The third kappa shape index (κ3) is 2.97.